The van der Waals surface area contributed by atoms with E-state index < -0.39 is 0 Å². The summed E-state index contributed by atoms with van der Waals surface area (Å²) < 4.78 is 0. The van der Waals surface area contributed by atoms with Gasteiger partial charge in [-0.15, -0.1) is 0 Å². The van der Waals surface area contributed by atoms with Crippen LogP contribution in [0, 0.1) is 5.41 Å². The predicted octanol–water partition coefficient (Wildman–Crippen LogP) is 3.63. The zero-order chi connectivity index (χ0) is 17.7. The summed E-state index contributed by atoms with van der Waals surface area (Å²) in [6.45, 7) is 0. The molecule has 6 heteroatoms. The first-order chi connectivity index (χ1) is 12.8. The quantitative estimate of drug-likeness (QED) is 0.382. The summed E-state index contributed by atoms with van der Waals surface area (Å²) in [6, 6.07) is 3.80. The number of anilines is 1. The van der Waals surface area contributed by atoms with Crippen molar-refractivity contribution in [3.8, 4) is 11.3 Å². The van der Waals surface area contributed by atoms with Gasteiger partial charge in [0.05, 0.1) is 22.9 Å². The standard InChI is InChI=1S/C20H18N6/c21-7-13-15(22)5-6-16-18(13)11-3-1-2-4-12(11)19(26-16)14-8-24-17-9-23-10-25-20(14)17/h5-10,21,24H,1-4,22H2. The summed E-state index contributed by atoms with van der Waals surface area (Å²) >= 11 is 0. The van der Waals surface area contributed by atoms with Gasteiger partial charge < -0.3 is 16.1 Å². The molecule has 0 atom stereocenters. The van der Waals surface area contributed by atoms with E-state index >= 15 is 0 Å². The van der Waals surface area contributed by atoms with Crippen LogP contribution in [0.15, 0.2) is 30.9 Å². The topological polar surface area (TPSA) is 104 Å². The van der Waals surface area contributed by atoms with E-state index in [2.05, 4.69) is 15.0 Å². The summed E-state index contributed by atoms with van der Waals surface area (Å²) in [6.07, 6.45) is 10.9. The molecule has 4 aromatic rings. The molecule has 3 heterocycles. The Morgan fingerprint density at radius 2 is 2.00 bits per heavy atom. The van der Waals surface area contributed by atoms with Crippen molar-refractivity contribution >= 4 is 33.8 Å². The van der Waals surface area contributed by atoms with Crippen LogP contribution in [0.2, 0.25) is 0 Å². The van der Waals surface area contributed by atoms with Gasteiger partial charge in [-0.2, -0.15) is 0 Å². The van der Waals surface area contributed by atoms with Gasteiger partial charge in [-0.25, -0.2) is 15.0 Å². The molecule has 0 spiro atoms. The number of aromatic nitrogens is 4. The molecule has 0 aliphatic heterocycles. The maximum atomic E-state index is 7.83. The number of nitrogens with zero attached hydrogens (tertiary/aromatic N) is 3. The van der Waals surface area contributed by atoms with Gasteiger partial charge >= 0.3 is 0 Å². The van der Waals surface area contributed by atoms with Crippen LogP contribution < -0.4 is 5.73 Å². The molecule has 6 nitrogen and oxygen atoms in total. The smallest absolute Gasteiger partial charge is 0.116 e. The van der Waals surface area contributed by atoms with E-state index in [9.17, 15) is 0 Å². The first-order valence-electron chi connectivity index (χ1n) is 8.80. The minimum Gasteiger partial charge on any atom is -0.398 e. The summed E-state index contributed by atoms with van der Waals surface area (Å²) in [4.78, 5) is 16.8. The van der Waals surface area contributed by atoms with Gasteiger partial charge in [0.25, 0.3) is 0 Å². The number of hydrogen-bond acceptors (Lipinski definition) is 5. The second-order valence-corrected chi connectivity index (χ2v) is 6.72. The molecule has 0 saturated heterocycles. The summed E-state index contributed by atoms with van der Waals surface area (Å²) in [5, 5.41) is 8.87. The molecule has 1 aliphatic rings. The number of hydrogen-bond donors (Lipinski definition) is 3. The first-order valence-corrected chi connectivity index (χ1v) is 8.80. The Balaban J connectivity index is 1.90. The fraction of sp³-hybridized carbons (Fsp3) is 0.200. The Labute approximate surface area is 150 Å². The molecule has 1 aliphatic carbocycles. The van der Waals surface area contributed by atoms with E-state index in [-0.39, 0.29) is 0 Å². The molecular weight excluding hydrogens is 324 g/mol. The minimum absolute atomic E-state index is 0.634. The molecular formula is C20H18N6. The van der Waals surface area contributed by atoms with Gasteiger partial charge in [-0.3, -0.25) is 0 Å². The van der Waals surface area contributed by atoms with Gasteiger partial charge in [0.1, 0.15) is 11.8 Å². The molecule has 0 unspecified atom stereocenters. The van der Waals surface area contributed by atoms with Crippen molar-refractivity contribution < 1.29 is 0 Å². The molecule has 3 aromatic heterocycles. The van der Waals surface area contributed by atoms with Crippen LogP contribution in [0.25, 0.3) is 33.2 Å². The molecule has 0 bridgehead atoms. The summed E-state index contributed by atoms with van der Waals surface area (Å²) in [5.74, 6) is 0. The van der Waals surface area contributed by atoms with Crippen LogP contribution in [-0.2, 0) is 12.8 Å². The number of pyridine rings is 1. The second kappa shape index (κ2) is 5.62. The van der Waals surface area contributed by atoms with Crippen LogP contribution in [0.3, 0.4) is 0 Å². The third kappa shape index (κ3) is 2.05. The number of aryl methyl sites for hydroxylation is 1. The third-order valence-electron chi connectivity index (χ3n) is 5.28. The minimum atomic E-state index is 0.634. The highest BCUT2D eigenvalue weighted by Crippen LogP contribution is 2.38. The summed E-state index contributed by atoms with van der Waals surface area (Å²) in [7, 11) is 0. The van der Waals surface area contributed by atoms with E-state index in [0.717, 1.165) is 64.4 Å². The number of rotatable bonds is 2. The fourth-order valence-electron chi connectivity index (χ4n) is 4.09. The molecule has 4 N–H and O–H groups in total. The van der Waals surface area contributed by atoms with Crippen molar-refractivity contribution in [1.29, 1.82) is 5.41 Å². The van der Waals surface area contributed by atoms with Crippen molar-refractivity contribution in [2.45, 2.75) is 25.7 Å². The summed E-state index contributed by atoms with van der Waals surface area (Å²) in [5.41, 5.74) is 14.8. The Kier molecular flexibility index (Phi) is 3.25. The number of benzene rings is 1. The Morgan fingerprint density at radius 1 is 1.15 bits per heavy atom. The SMILES string of the molecule is N=Cc1c(N)ccc2nc(-c3c[nH]c4cncnc34)c3c(c12)CCCC3. The Bertz CT molecular complexity index is 1170. The van der Waals surface area contributed by atoms with E-state index in [0.29, 0.717) is 5.69 Å². The monoisotopic (exact) mass is 342 g/mol. The van der Waals surface area contributed by atoms with Gasteiger partial charge in [0.15, 0.2) is 0 Å². The van der Waals surface area contributed by atoms with E-state index in [1.807, 2.05) is 18.3 Å². The molecule has 0 radical (unpaired) electrons. The average Bonchev–Trinajstić information content (AvgIpc) is 3.11. The fourth-order valence-corrected chi connectivity index (χ4v) is 4.09. The number of aromatic amines is 1. The van der Waals surface area contributed by atoms with Crippen molar-refractivity contribution in [2.75, 3.05) is 5.73 Å². The zero-order valence-corrected chi connectivity index (χ0v) is 14.2. The normalized spacial score (nSPS) is 13.8. The molecule has 26 heavy (non-hydrogen) atoms. The number of fused-ring (bicyclic) bond motifs is 4. The van der Waals surface area contributed by atoms with Crippen LogP contribution in [0.1, 0.15) is 29.5 Å². The maximum absolute atomic E-state index is 7.83. The molecule has 1 aromatic carbocycles. The van der Waals surface area contributed by atoms with E-state index in [1.54, 1.807) is 12.5 Å². The Morgan fingerprint density at radius 3 is 2.85 bits per heavy atom. The highest BCUT2D eigenvalue weighted by molar-refractivity contribution is 6.06. The lowest BCUT2D eigenvalue weighted by Crippen LogP contribution is -2.09. The van der Waals surface area contributed by atoms with Gasteiger partial charge in [0, 0.05) is 34.6 Å². The van der Waals surface area contributed by atoms with E-state index in [4.69, 9.17) is 16.1 Å². The molecule has 128 valence electrons. The lowest BCUT2D eigenvalue weighted by atomic mass is 9.85. The molecule has 0 saturated carbocycles. The van der Waals surface area contributed by atoms with Crippen molar-refractivity contribution in [2.24, 2.45) is 0 Å². The molecule has 0 fully saturated rings. The second-order valence-electron chi connectivity index (χ2n) is 6.72. The highest BCUT2D eigenvalue weighted by atomic mass is 14.9. The van der Waals surface area contributed by atoms with Crippen LogP contribution in [0.4, 0.5) is 5.69 Å². The third-order valence-corrected chi connectivity index (χ3v) is 5.28. The van der Waals surface area contributed by atoms with Crippen LogP contribution in [0.5, 0.6) is 0 Å². The van der Waals surface area contributed by atoms with Crippen LogP contribution in [-0.4, -0.2) is 26.2 Å². The first kappa shape index (κ1) is 15.0. The Hall–Kier alpha value is -3.28. The predicted molar refractivity (Wildman–Crippen MR) is 104 cm³/mol. The van der Waals surface area contributed by atoms with Gasteiger partial charge in [0.2, 0.25) is 0 Å². The molecule has 5 rings (SSSR count). The van der Waals surface area contributed by atoms with Crippen molar-refractivity contribution in [3.05, 3.63) is 47.5 Å². The van der Waals surface area contributed by atoms with Crippen LogP contribution >= 0.6 is 0 Å². The van der Waals surface area contributed by atoms with E-state index in [1.165, 1.54) is 17.3 Å². The van der Waals surface area contributed by atoms with Crippen molar-refractivity contribution in [3.63, 3.8) is 0 Å². The maximum Gasteiger partial charge on any atom is 0.116 e. The van der Waals surface area contributed by atoms with Gasteiger partial charge in [-0.05, 0) is 48.9 Å². The number of nitrogens with two attached hydrogens (primary N) is 1. The number of nitrogens with one attached hydrogen (secondary N) is 2. The highest BCUT2D eigenvalue weighted by Gasteiger charge is 2.23. The lowest BCUT2D eigenvalue weighted by Gasteiger charge is -2.22. The van der Waals surface area contributed by atoms with Gasteiger partial charge in [-0.1, -0.05) is 0 Å². The molecule has 0 amide bonds. The lowest BCUT2D eigenvalue weighted by molar-refractivity contribution is 0.689. The number of H-pyrrole nitrogens is 1. The van der Waals surface area contributed by atoms with Crippen molar-refractivity contribution in [1.82, 2.24) is 19.9 Å². The average molecular weight is 342 g/mol. The number of nitrogen functional groups attached to an aromatic ring is 1. The zero-order valence-electron chi connectivity index (χ0n) is 14.2. The largest absolute Gasteiger partial charge is 0.398 e.